The van der Waals surface area contributed by atoms with E-state index < -0.39 is 11.9 Å². The smallest absolute Gasteiger partial charge is 0.307 e. The van der Waals surface area contributed by atoms with Gasteiger partial charge in [0.1, 0.15) is 0 Å². The van der Waals surface area contributed by atoms with Gasteiger partial charge in [0.05, 0.1) is 11.8 Å². The minimum Gasteiger partial charge on any atom is -0.481 e. The minimum absolute atomic E-state index is 0.0166. The molecular formula is C16H21NO3. The molecule has 2 rings (SSSR count). The normalized spacial score (nSPS) is 20.4. The van der Waals surface area contributed by atoms with Crippen LogP contribution < -0.4 is 0 Å². The molecule has 108 valence electrons. The zero-order valence-corrected chi connectivity index (χ0v) is 11.8. The number of carbonyl (C=O) groups is 2. The van der Waals surface area contributed by atoms with E-state index in [4.69, 9.17) is 5.11 Å². The Kier molecular flexibility index (Phi) is 4.77. The van der Waals surface area contributed by atoms with Crippen molar-refractivity contribution in [2.45, 2.75) is 25.7 Å². The van der Waals surface area contributed by atoms with Crippen molar-refractivity contribution in [1.29, 1.82) is 0 Å². The number of carbonyl (C=O) groups excluding carboxylic acids is 1. The van der Waals surface area contributed by atoms with Crippen LogP contribution in [0.25, 0.3) is 0 Å². The van der Waals surface area contributed by atoms with E-state index in [1.807, 2.05) is 18.2 Å². The first-order chi connectivity index (χ1) is 9.59. The van der Waals surface area contributed by atoms with E-state index in [1.54, 1.807) is 11.9 Å². The van der Waals surface area contributed by atoms with E-state index in [2.05, 4.69) is 12.1 Å². The quantitative estimate of drug-likeness (QED) is 0.776. The van der Waals surface area contributed by atoms with Crippen LogP contribution in [0.1, 0.15) is 24.8 Å². The average molecular weight is 275 g/mol. The van der Waals surface area contributed by atoms with Crippen molar-refractivity contribution in [3.05, 3.63) is 35.9 Å². The van der Waals surface area contributed by atoms with Gasteiger partial charge in [-0.3, -0.25) is 9.59 Å². The summed E-state index contributed by atoms with van der Waals surface area (Å²) in [6.07, 6.45) is 3.50. The number of nitrogens with zero attached hydrogens (tertiary/aromatic N) is 1. The Bertz CT molecular complexity index is 472. The number of carboxylic acid groups (broad SMARTS) is 1. The molecule has 0 heterocycles. The van der Waals surface area contributed by atoms with Crippen molar-refractivity contribution in [2.24, 2.45) is 11.8 Å². The number of aryl methyl sites for hydroxylation is 1. The molecule has 0 aromatic heterocycles. The standard InChI is InChI=1S/C16H21NO3/c1-17(15(18)13-11-14(13)16(19)20)10-6-5-9-12-7-3-2-4-8-12/h2-4,7-8,13-14H,5-6,9-11H2,1H3,(H,19,20)/t13-,14+/m1/s1. The molecular weight excluding hydrogens is 254 g/mol. The molecule has 0 saturated heterocycles. The molecule has 20 heavy (non-hydrogen) atoms. The van der Waals surface area contributed by atoms with Crippen molar-refractivity contribution >= 4 is 11.9 Å². The Labute approximate surface area is 119 Å². The number of rotatable bonds is 7. The van der Waals surface area contributed by atoms with Crippen molar-refractivity contribution in [1.82, 2.24) is 4.90 Å². The van der Waals surface area contributed by atoms with Gasteiger partial charge in [0.15, 0.2) is 0 Å². The van der Waals surface area contributed by atoms with Gasteiger partial charge in [-0.2, -0.15) is 0 Å². The summed E-state index contributed by atoms with van der Waals surface area (Å²) in [6, 6.07) is 10.3. The predicted molar refractivity (Wildman–Crippen MR) is 76.2 cm³/mol. The molecule has 1 aliphatic rings. The fourth-order valence-corrected chi connectivity index (χ4v) is 2.46. The number of hydrogen-bond acceptors (Lipinski definition) is 2. The maximum absolute atomic E-state index is 11.9. The van der Waals surface area contributed by atoms with Gasteiger partial charge < -0.3 is 10.0 Å². The van der Waals surface area contributed by atoms with Crippen LogP contribution in [-0.2, 0) is 16.0 Å². The molecule has 1 N–H and O–H groups in total. The van der Waals surface area contributed by atoms with Crippen LogP contribution in [0.4, 0.5) is 0 Å². The summed E-state index contributed by atoms with van der Waals surface area (Å²) < 4.78 is 0. The van der Waals surface area contributed by atoms with Crippen molar-refractivity contribution in [3.8, 4) is 0 Å². The summed E-state index contributed by atoms with van der Waals surface area (Å²) in [6.45, 7) is 0.703. The summed E-state index contributed by atoms with van der Waals surface area (Å²) in [5.74, 6) is -1.60. The first-order valence-electron chi connectivity index (χ1n) is 7.11. The summed E-state index contributed by atoms with van der Waals surface area (Å²) in [5, 5.41) is 8.82. The molecule has 0 bridgehead atoms. The molecule has 1 aromatic rings. The second kappa shape index (κ2) is 6.55. The molecule has 1 aromatic carbocycles. The fraction of sp³-hybridized carbons (Fsp3) is 0.500. The highest BCUT2D eigenvalue weighted by atomic mass is 16.4. The van der Waals surface area contributed by atoms with E-state index in [0.29, 0.717) is 13.0 Å². The second-order valence-electron chi connectivity index (χ2n) is 5.49. The Morgan fingerprint density at radius 3 is 2.50 bits per heavy atom. The van der Waals surface area contributed by atoms with Crippen molar-refractivity contribution < 1.29 is 14.7 Å². The van der Waals surface area contributed by atoms with E-state index in [1.165, 1.54) is 5.56 Å². The highest BCUT2D eigenvalue weighted by molar-refractivity contribution is 5.89. The number of carboxylic acids is 1. The van der Waals surface area contributed by atoms with E-state index >= 15 is 0 Å². The van der Waals surface area contributed by atoms with Gasteiger partial charge in [-0.05, 0) is 31.2 Å². The summed E-state index contributed by atoms with van der Waals surface area (Å²) >= 11 is 0. The lowest BCUT2D eigenvalue weighted by Gasteiger charge is -2.16. The molecule has 0 aliphatic heterocycles. The summed E-state index contributed by atoms with van der Waals surface area (Å²) in [5.41, 5.74) is 1.31. The van der Waals surface area contributed by atoms with Gasteiger partial charge in [0.25, 0.3) is 0 Å². The average Bonchev–Trinajstić information content (AvgIpc) is 3.24. The van der Waals surface area contributed by atoms with Gasteiger partial charge in [-0.1, -0.05) is 30.3 Å². The summed E-state index contributed by atoms with van der Waals surface area (Å²) in [4.78, 5) is 24.4. The Hall–Kier alpha value is -1.84. The first kappa shape index (κ1) is 14.6. The van der Waals surface area contributed by atoms with Crippen LogP contribution in [0, 0.1) is 11.8 Å². The van der Waals surface area contributed by atoms with Gasteiger partial charge >= 0.3 is 5.97 Å². The van der Waals surface area contributed by atoms with Crippen LogP contribution in [0.3, 0.4) is 0 Å². The van der Waals surface area contributed by atoms with Crippen molar-refractivity contribution in [3.63, 3.8) is 0 Å². The van der Waals surface area contributed by atoms with Gasteiger partial charge in [0, 0.05) is 13.6 Å². The summed E-state index contributed by atoms with van der Waals surface area (Å²) in [7, 11) is 1.77. The number of hydrogen-bond donors (Lipinski definition) is 1. The monoisotopic (exact) mass is 275 g/mol. The van der Waals surface area contributed by atoms with Crippen LogP contribution in [0.15, 0.2) is 30.3 Å². The maximum Gasteiger partial charge on any atom is 0.307 e. The topological polar surface area (TPSA) is 57.6 Å². The molecule has 4 nitrogen and oxygen atoms in total. The molecule has 0 spiro atoms. The largest absolute Gasteiger partial charge is 0.481 e. The highest BCUT2D eigenvalue weighted by Gasteiger charge is 2.49. The lowest BCUT2D eigenvalue weighted by atomic mass is 10.1. The highest BCUT2D eigenvalue weighted by Crippen LogP contribution is 2.39. The maximum atomic E-state index is 11.9. The molecule has 0 radical (unpaired) electrons. The fourth-order valence-electron chi connectivity index (χ4n) is 2.46. The number of benzene rings is 1. The third-order valence-corrected chi connectivity index (χ3v) is 3.85. The molecule has 1 saturated carbocycles. The molecule has 1 amide bonds. The van der Waals surface area contributed by atoms with Crippen molar-refractivity contribution in [2.75, 3.05) is 13.6 Å². The second-order valence-corrected chi connectivity index (χ2v) is 5.49. The molecule has 1 fully saturated rings. The zero-order valence-electron chi connectivity index (χ0n) is 11.8. The van der Waals surface area contributed by atoms with E-state index in [0.717, 1.165) is 19.3 Å². The van der Waals surface area contributed by atoms with E-state index in [-0.39, 0.29) is 11.8 Å². The Balaban J connectivity index is 1.64. The molecule has 1 aliphatic carbocycles. The third kappa shape index (κ3) is 3.83. The zero-order chi connectivity index (χ0) is 14.5. The Morgan fingerprint density at radius 1 is 1.20 bits per heavy atom. The van der Waals surface area contributed by atoms with Crippen LogP contribution in [0.2, 0.25) is 0 Å². The lowest BCUT2D eigenvalue weighted by Crippen LogP contribution is -2.30. The lowest BCUT2D eigenvalue weighted by molar-refractivity contribution is -0.141. The first-order valence-corrected chi connectivity index (χ1v) is 7.11. The third-order valence-electron chi connectivity index (χ3n) is 3.85. The number of aliphatic carboxylic acids is 1. The van der Waals surface area contributed by atoms with Gasteiger partial charge in [0.2, 0.25) is 5.91 Å². The van der Waals surface area contributed by atoms with Crippen LogP contribution in [0.5, 0.6) is 0 Å². The SMILES string of the molecule is CN(CCCCc1ccccc1)C(=O)[C@@H]1C[C@@H]1C(=O)O. The van der Waals surface area contributed by atoms with Crippen LogP contribution >= 0.6 is 0 Å². The molecule has 0 unspecified atom stereocenters. The number of unbranched alkanes of at least 4 members (excludes halogenated alkanes) is 1. The van der Waals surface area contributed by atoms with E-state index in [9.17, 15) is 9.59 Å². The minimum atomic E-state index is -0.846. The molecule has 4 heteroatoms. The van der Waals surface area contributed by atoms with Crippen LogP contribution in [-0.4, -0.2) is 35.5 Å². The Morgan fingerprint density at radius 2 is 1.90 bits per heavy atom. The van der Waals surface area contributed by atoms with Gasteiger partial charge in [-0.25, -0.2) is 0 Å². The van der Waals surface area contributed by atoms with Gasteiger partial charge in [-0.15, -0.1) is 0 Å². The number of amides is 1. The predicted octanol–water partition coefficient (Wildman–Crippen LogP) is 2.19. The molecule has 2 atom stereocenters.